The van der Waals surface area contributed by atoms with Crippen LogP contribution in [0, 0.1) is 18.3 Å². The number of H-pyrrole nitrogens is 1. The second-order valence-electron chi connectivity index (χ2n) is 6.91. The molecule has 0 aliphatic heterocycles. The summed E-state index contributed by atoms with van der Waals surface area (Å²) in [5.41, 5.74) is -2.34. The molecular weight excluding hydrogens is 423 g/mol. The molecule has 0 atom stereocenters. The number of carbonyl (C=O) groups is 1. The standard InChI is InChI=1S/C22H14F3N5O2/c1-12-16(20(31)28-15-9-5-6-13(10-15)11-26)21(32)30-19(27-12)17(14-7-3-2-4-8-14)18(29-30)22(23,24)25/h2-10,29H,1H3,(H,28,31). The van der Waals surface area contributed by atoms with Crippen LogP contribution < -0.4 is 10.9 Å². The lowest BCUT2D eigenvalue weighted by atomic mass is 10.1. The molecule has 1 amide bonds. The van der Waals surface area contributed by atoms with E-state index in [1.807, 2.05) is 6.07 Å². The van der Waals surface area contributed by atoms with E-state index in [0.717, 1.165) is 0 Å². The molecule has 0 radical (unpaired) electrons. The van der Waals surface area contributed by atoms with Gasteiger partial charge in [-0.1, -0.05) is 36.4 Å². The summed E-state index contributed by atoms with van der Waals surface area (Å²) in [6.45, 7) is 1.37. The Morgan fingerprint density at radius 2 is 1.88 bits per heavy atom. The van der Waals surface area contributed by atoms with E-state index >= 15 is 0 Å². The first-order valence-electron chi connectivity index (χ1n) is 9.30. The van der Waals surface area contributed by atoms with Crippen molar-refractivity contribution in [3.05, 3.63) is 87.5 Å². The van der Waals surface area contributed by atoms with E-state index in [0.29, 0.717) is 4.52 Å². The summed E-state index contributed by atoms with van der Waals surface area (Å²) in [5, 5.41) is 13.5. The predicted molar refractivity (Wildman–Crippen MR) is 110 cm³/mol. The maximum Gasteiger partial charge on any atom is 0.433 e. The minimum Gasteiger partial charge on any atom is -0.322 e. The lowest BCUT2D eigenvalue weighted by Crippen LogP contribution is -2.29. The third-order valence-electron chi connectivity index (χ3n) is 4.78. The third-order valence-corrected chi connectivity index (χ3v) is 4.78. The van der Waals surface area contributed by atoms with Crippen molar-refractivity contribution in [2.45, 2.75) is 13.1 Å². The van der Waals surface area contributed by atoms with E-state index in [1.54, 1.807) is 24.3 Å². The minimum absolute atomic E-state index is 0.0335. The monoisotopic (exact) mass is 437 g/mol. The number of rotatable bonds is 3. The lowest BCUT2D eigenvalue weighted by Gasteiger charge is -2.08. The fourth-order valence-corrected chi connectivity index (χ4v) is 3.38. The number of aryl methyl sites for hydroxylation is 1. The molecule has 10 heteroatoms. The number of amides is 1. The highest BCUT2D eigenvalue weighted by Crippen LogP contribution is 2.38. The summed E-state index contributed by atoms with van der Waals surface area (Å²) in [7, 11) is 0. The molecule has 0 saturated carbocycles. The molecule has 0 spiro atoms. The van der Waals surface area contributed by atoms with Gasteiger partial charge in [0.05, 0.1) is 22.9 Å². The van der Waals surface area contributed by atoms with Gasteiger partial charge < -0.3 is 5.32 Å². The zero-order chi connectivity index (χ0) is 23.0. The first-order chi connectivity index (χ1) is 15.2. The number of fused-ring (bicyclic) bond motifs is 1. The maximum absolute atomic E-state index is 13.7. The van der Waals surface area contributed by atoms with Crippen LogP contribution >= 0.6 is 0 Å². The molecule has 0 unspecified atom stereocenters. The van der Waals surface area contributed by atoms with Gasteiger partial charge in [0.1, 0.15) is 11.3 Å². The summed E-state index contributed by atoms with van der Waals surface area (Å²) in [6, 6.07) is 15.7. The Balaban J connectivity index is 1.89. The number of halogens is 3. The molecule has 0 bridgehead atoms. The molecule has 0 fully saturated rings. The number of alkyl halides is 3. The Hall–Kier alpha value is -4.39. The van der Waals surface area contributed by atoms with Gasteiger partial charge >= 0.3 is 6.18 Å². The number of nitrogens with zero attached hydrogens (tertiary/aromatic N) is 3. The number of anilines is 1. The van der Waals surface area contributed by atoms with E-state index < -0.39 is 28.9 Å². The van der Waals surface area contributed by atoms with E-state index in [2.05, 4.69) is 15.4 Å². The summed E-state index contributed by atoms with van der Waals surface area (Å²) in [4.78, 5) is 30.0. The molecule has 160 valence electrons. The molecule has 4 aromatic rings. The van der Waals surface area contributed by atoms with Gasteiger partial charge in [0, 0.05) is 5.69 Å². The van der Waals surface area contributed by atoms with Crippen molar-refractivity contribution in [1.82, 2.24) is 14.6 Å². The summed E-state index contributed by atoms with van der Waals surface area (Å²) >= 11 is 0. The topological polar surface area (TPSA) is 103 Å². The van der Waals surface area contributed by atoms with Gasteiger partial charge in [-0.2, -0.15) is 22.9 Å². The number of hydrogen-bond acceptors (Lipinski definition) is 4. The second-order valence-corrected chi connectivity index (χ2v) is 6.91. The molecule has 0 aliphatic carbocycles. The Morgan fingerprint density at radius 3 is 2.53 bits per heavy atom. The van der Waals surface area contributed by atoms with Crippen LogP contribution in [0.15, 0.2) is 59.4 Å². The largest absolute Gasteiger partial charge is 0.433 e. The number of benzene rings is 2. The Kier molecular flexibility index (Phi) is 5.02. The maximum atomic E-state index is 13.7. The van der Waals surface area contributed by atoms with Crippen molar-refractivity contribution >= 4 is 17.2 Å². The summed E-state index contributed by atoms with van der Waals surface area (Å²) in [6.07, 6.45) is -4.79. The van der Waals surface area contributed by atoms with Crippen molar-refractivity contribution in [3.63, 3.8) is 0 Å². The zero-order valence-corrected chi connectivity index (χ0v) is 16.5. The van der Waals surface area contributed by atoms with Crippen LogP contribution in [0.4, 0.5) is 18.9 Å². The van der Waals surface area contributed by atoms with E-state index in [4.69, 9.17) is 5.26 Å². The van der Waals surface area contributed by atoms with Gasteiger partial charge in [0.15, 0.2) is 5.65 Å². The van der Waals surface area contributed by atoms with Gasteiger partial charge in [0.25, 0.3) is 11.5 Å². The molecule has 2 aromatic carbocycles. The highest BCUT2D eigenvalue weighted by atomic mass is 19.4. The van der Waals surface area contributed by atoms with Crippen LogP contribution in [0.5, 0.6) is 0 Å². The first-order valence-corrected chi connectivity index (χ1v) is 9.30. The third kappa shape index (κ3) is 3.60. The van der Waals surface area contributed by atoms with E-state index in [-0.39, 0.29) is 33.7 Å². The van der Waals surface area contributed by atoms with Crippen LogP contribution in [0.3, 0.4) is 0 Å². The normalized spacial score (nSPS) is 11.3. The minimum atomic E-state index is -4.79. The second kappa shape index (κ2) is 7.70. The number of carbonyl (C=O) groups excluding carboxylic acids is 1. The fourth-order valence-electron chi connectivity index (χ4n) is 3.38. The average molecular weight is 437 g/mol. The summed E-state index contributed by atoms with van der Waals surface area (Å²) < 4.78 is 41.9. The van der Waals surface area contributed by atoms with Gasteiger partial charge in [-0.15, -0.1) is 0 Å². The van der Waals surface area contributed by atoms with Crippen molar-refractivity contribution in [2.75, 3.05) is 5.32 Å². The molecule has 0 saturated heterocycles. The Morgan fingerprint density at radius 1 is 1.16 bits per heavy atom. The van der Waals surface area contributed by atoms with Crippen molar-refractivity contribution in [1.29, 1.82) is 5.26 Å². The van der Waals surface area contributed by atoms with E-state index in [9.17, 15) is 22.8 Å². The Bertz CT molecular complexity index is 1450. The molecule has 4 rings (SSSR count). The number of nitriles is 1. The van der Waals surface area contributed by atoms with Gasteiger partial charge in [-0.3, -0.25) is 14.7 Å². The zero-order valence-electron chi connectivity index (χ0n) is 16.5. The molecule has 2 N–H and O–H groups in total. The van der Waals surface area contributed by atoms with Gasteiger partial charge in [-0.05, 0) is 30.7 Å². The Labute approximate surface area is 178 Å². The van der Waals surface area contributed by atoms with Gasteiger partial charge in [-0.25, -0.2) is 4.98 Å². The van der Waals surface area contributed by atoms with Crippen molar-refractivity contribution < 1.29 is 18.0 Å². The van der Waals surface area contributed by atoms with Crippen LogP contribution in [0.2, 0.25) is 0 Å². The molecular formula is C22H14F3N5O2. The molecule has 7 nitrogen and oxygen atoms in total. The smallest absolute Gasteiger partial charge is 0.322 e. The number of hydrogen-bond donors (Lipinski definition) is 2. The number of nitrogens with one attached hydrogen (secondary N) is 2. The van der Waals surface area contributed by atoms with Crippen molar-refractivity contribution in [2.24, 2.45) is 0 Å². The summed E-state index contributed by atoms with van der Waals surface area (Å²) in [5.74, 6) is -0.853. The van der Waals surface area contributed by atoms with Crippen LogP contribution in [0.25, 0.3) is 16.8 Å². The molecule has 2 heterocycles. The first kappa shape index (κ1) is 20.9. The lowest BCUT2D eigenvalue weighted by molar-refractivity contribution is -0.140. The van der Waals surface area contributed by atoms with Crippen LogP contribution in [-0.2, 0) is 6.18 Å². The van der Waals surface area contributed by atoms with Crippen LogP contribution in [-0.4, -0.2) is 20.5 Å². The molecule has 0 aliphatic rings. The average Bonchev–Trinajstić information content (AvgIpc) is 3.14. The molecule has 32 heavy (non-hydrogen) atoms. The predicted octanol–water partition coefficient (Wildman–Crippen LogP) is 4.14. The molecule has 2 aromatic heterocycles. The quantitative estimate of drug-likeness (QED) is 0.503. The van der Waals surface area contributed by atoms with Crippen molar-refractivity contribution in [3.8, 4) is 17.2 Å². The van der Waals surface area contributed by atoms with Gasteiger partial charge in [0.2, 0.25) is 0 Å². The van der Waals surface area contributed by atoms with Crippen LogP contribution in [0.1, 0.15) is 27.3 Å². The highest BCUT2D eigenvalue weighted by molar-refractivity contribution is 6.05. The SMILES string of the molecule is Cc1nc2c(-c3ccccc3)c(C(F)(F)F)[nH]n2c(=O)c1C(=O)Nc1cccc(C#N)c1. The highest BCUT2D eigenvalue weighted by Gasteiger charge is 2.38. The number of aromatic amines is 1. The number of aromatic nitrogens is 3. The van der Waals surface area contributed by atoms with E-state index in [1.165, 1.54) is 37.3 Å². The fraction of sp³-hybridized carbons (Fsp3) is 0.0909.